The predicted molar refractivity (Wildman–Crippen MR) is 54.0 cm³/mol. The van der Waals surface area contributed by atoms with E-state index in [1.165, 1.54) is 10.9 Å². The molecule has 0 saturated heterocycles. The van der Waals surface area contributed by atoms with Crippen LogP contribution in [0.2, 0.25) is 0 Å². The number of carboxylic acid groups (broad SMARTS) is 1. The van der Waals surface area contributed by atoms with Crippen molar-refractivity contribution in [3.63, 3.8) is 0 Å². The molecule has 0 atom stereocenters. The van der Waals surface area contributed by atoms with Gasteiger partial charge in [-0.1, -0.05) is 0 Å². The molecule has 0 aliphatic carbocycles. The van der Waals surface area contributed by atoms with Crippen molar-refractivity contribution < 1.29 is 9.90 Å². The van der Waals surface area contributed by atoms with E-state index in [1.54, 1.807) is 13.2 Å². The Morgan fingerprint density at radius 3 is 2.88 bits per heavy atom. The minimum absolute atomic E-state index is 0.193. The number of aromatic amines is 1. The van der Waals surface area contributed by atoms with E-state index < -0.39 is 11.5 Å². The highest BCUT2D eigenvalue weighted by atomic mass is 16.4. The van der Waals surface area contributed by atoms with Crippen LogP contribution in [0.3, 0.4) is 0 Å². The number of carbonyl (C=O) groups is 1. The number of nitrogens with one attached hydrogen (secondary N) is 1. The summed E-state index contributed by atoms with van der Waals surface area (Å²) >= 11 is 0. The molecule has 16 heavy (non-hydrogen) atoms. The molecule has 7 heteroatoms. The minimum atomic E-state index is -1.24. The van der Waals surface area contributed by atoms with Crippen molar-refractivity contribution >= 4 is 5.97 Å². The van der Waals surface area contributed by atoms with Crippen molar-refractivity contribution in [3.8, 4) is 11.4 Å². The summed E-state index contributed by atoms with van der Waals surface area (Å²) in [5, 5.41) is 12.7. The topological polar surface area (TPSA) is 101 Å². The zero-order chi connectivity index (χ0) is 11.7. The molecular formula is C9H8N4O3. The van der Waals surface area contributed by atoms with Crippen molar-refractivity contribution in [1.82, 2.24) is 19.7 Å². The molecule has 0 radical (unpaired) electrons. The van der Waals surface area contributed by atoms with Crippen LogP contribution in [0.15, 0.2) is 23.3 Å². The molecule has 0 bridgehead atoms. The normalized spacial score (nSPS) is 10.3. The average Bonchev–Trinajstić information content (AvgIpc) is 2.64. The molecule has 0 aromatic carbocycles. The van der Waals surface area contributed by atoms with Gasteiger partial charge in [0.1, 0.15) is 5.82 Å². The SMILES string of the molecule is Cn1cc(-c2nc(C(=O)O)cc(=O)[nH]2)cn1. The number of hydrogen-bond donors (Lipinski definition) is 2. The first-order chi connectivity index (χ1) is 7.56. The highest BCUT2D eigenvalue weighted by molar-refractivity contribution is 5.85. The lowest BCUT2D eigenvalue weighted by molar-refractivity contribution is 0.0690. The Bertz CT molecular complexity index is 599. The van der Waals surface area contributed by atoms with Crippen molar-refractivity contribution in [3.05, 3.63) is 34.5 Å². The van der Waals surface area contributed by atoms with E-state index in [0.717, 1.165) is 6.07 Å². The summed E-state index contributed by atoms with van der Waals surface area (Å²) < 4.78 is 1.53. The second kappa shape index (κ2) is 3.61. The maximum absolute atomic E-state index is 11.2. The van der Waals surface area contributed by atoms with Crippen molar-refractivity contribution in [2.24, 2.45) is 7.05 Å². The van der Waals surface area contributed by atoms with Gasteiger partial charge in [0.15, 0.2) is 5.69 Å². The van der Waals surface area contributed by atoms with Crippen LogP contribution >= 0.6 is 0 Å². The van der Waals surface area contributed by atoms with Gasteiger partial charge in [0.05, 0.1) is 11.8 Å². The standard InChI is InChI=1S/C9H8N4O3/c1-13-4-5(3-10-13)8-11-6(9(15)16)2-7(14)12-8/h2-4H,1H3,(H,15,16)(H,11,12,14). The summed E-state index contributed by atoms with van der Waals surface area (Å²) in [6, 6.07) is 0.933. The number of carboxylic acids is 1. The van der Waals surface area contributed by atoms with E-state index in [2.05, 4.69) is 15.1 Å². The first kappa shape index (κ1) is 10.1. The lowest BCUT2D eigenvalue weighted by Crippen LogP contribution is -2.13. The number of aromatic nitrogens is 4. The fourth-order valence-electron chi connectivity index (χ4n) is 1.25. The molecule has 0 fully saturated rings. The molecule has 0 saturated carbocycles. The van der Waals surface area contributed by atoms with Gasteiger partial charge < -0.3 is 10.1 Å². The lowest BCUT2D eigenvalue weighted by Gasteiger charge is -1.97. The Hall–Kier alpha value is -2.44. The van der Waals surface area contributed by atoms with Gasteiger partial charge >= 0.3 is 5.97 Å². The highest BCUT2D eigenvalue weighted by Crippen LogP contribution is 2.11. The van der Waals surface area contributed by atoms with Gasteiger partial charge in [0, 0.05) is 19.3 Å². The molecule has 2 aromatic heterocycles. The molecule has 2 heterocycles. The van der Waals surface area contributed by atoms with Crippen LogP contribution < -0.4 is 5.56 Å². The molecular weight excluding hydrogens is 212 g/mol. The van der Waals surface area contributed by atoms with Crippen LogP contribution in [0.5, 0.6) is 0 Å². The quantitative estimate of drug-likeness (QED) is 0.734. The molecule has 0 aliphatic heterocycles. The molecule has 2 N–H and O–H groups in total. The molecule has 0 unspecified atom stereocenters. The van der Waals surface area contributed by atoms with Crippen molar-refractivity contribution in [1.29, 1.82) is 0 Å². The number of rotatable bonds is 2. The highest BCUT2D eigenvalue weighted by Gasteiger charge is 2.10. The lowest BCUT2D eigenvalue weighted by atomic mass is 10.3. The summed E-state index contributed by atoms with van der Waals surface area (Å²) in [5.41, 5.74) is -0.239. The number of nitrogens with zero attached hydrogens (tertiary/aromatic N) is 3. The van der Waals surface area contributed by atoms with Crippen LogP contribution in [0.25, 0.3) is 11.4 Å². The fourth-order valence-corrected chi connectivity index (χ4v) is 1.25. The van der Waals surface area contributed by atoms with E-state index in [-0.39, 0.29) is 11.5 Å². The maximum Gasteiger partial charge on any atom is 0.354 e. The molecule has 0 amide bonds. The second-order valence-corrected chi connectivity index (χ2v) is 3.19. The van der Waals surface area contributed by atoms with E-state index in [0.29, 0.717) is 5.56 Å². The summed E-state index contributed by atoms with van der Waals surface area (Å²) in [5.74, 6) is -1.05. The number of H-pyrrole nitrogens is 1. The van der Waals surface area contributed by atoms with E-state index in [1.807, 2.05) is 0 Å². The number of aromatic carboxylic acids is 1. The Kier molecular flexibility index (Phi) is 2.28. The first-order valence-corrected chi connectivity index (χ1v) is 4.40. The summed E-state index contributed by atoms with van der Waals surface area (Å²) in [6.45, 7) is 0. The van der Waals surface area contributed by atoms with Crippen LogP contribution in [0.1, 0.15) is 10.5 Å². The van der Waals surface area contributed by atoms with Gasteiger partial charge in [-0.2, -0.15) is 5.10 Å². The zero-order valence-corrected chi connectivity index (χ0v) is 8.34. The smallest absolute Gasteiger partial charge is 0.354 e. The molecule has 2 aromatic rings. The Labute approximate surface area is 89.4 Å². The molecule has 0 spiro atoms. The van der Waals surface area contributed by atoms with Crippen LogP contribution in [0.4, 0.5) is 0 Å². The number of hydrogen-bond acceptors (Lipinski definition) is 4. The van der Waals surface area contributed by atoms with Gasteiger partial charge in [0.2, 0.25) is 0 Å². The zero-order valence-electron chi connectivity index (χ0n) is 8.34. The Morgan fingerprint density at radius 2 is 2.31 bits per heavy atom. The average molecular weight is 220 g/mol. The molecule has 7 nitrogen and oxygen atoms in total. The van der Waals surface area contributed by atoms with Crippen LogP contribution in [-0.2, 0) is 7.05 Å². The van der Waals surface area contributed by atoms with Crippen molar-refractivity contribution in [2.75, 3.05) is 0 Å². The Balaban J connectivity index is 2.57. The Morgan fingerprint density at radius 1 is 1.56 bits per heavy atom. The van der Waals surface area contributed by atoms with Gasteiger partial charge in [-0.3, -0.25) is 9.48 Å². The van der Waals surface area contributed by atoms with Crippen molar-refractivity contribution in [2.45, 2.75) is 0 Å². The largest absolute Gasteiger partial charge is 0.477 e. The fraction of sp³-hybridized carbons (Fsp3) is 0.111. The van der Waals surface area contributed by atoms with Crippen LogP contribution in [-0.4, -0.2) is 30.8 Å². The maximum atomic E-state index is 11.2. The number of aryl methyl sites for hydroxylation is 1. The van der Waals surface area contributed by atoms with Crippen LogP contribution in [0, 0.1) is 0 Å². The summed E-state index contributed by atoms with van der Waals surface area (Å²) in [4.78, 5) is 28.2. The third-order valence-corrected chi connectivity index (χ3v) is 1.94. The van der Waals surface area contributed by atoms with E-state index >= 15 is 0 Å². The first-order valence-electron chi connectivity index (χ1n) is 4.40. The summed E-state index contributed by atoms with van der Waals surface area (Å²) in [6.07, 6.45) is 3.12. The van der Waals surface area contributed by atoms with Gasteiger partial charge in [-0.05, 0) is 0 Å². The molecule has 82 valence electrons. The second-order valence-electron chi connectivity index (χ2n) is 3.19. The van der Waals surface area contributed by atoms with Gasteiger partial charge in [-0.25, -0.2) is 9.78 Å². The van der Waals surface area contributed by atoms with Gasteiger partial charge in [0.25, 0.3) is 5.56 Å². The third-order valence-electron chi connectivity index (χ3n) is 1.94. The summed E-state index contributed by atoms with van der Waals surface area (Å²) in [7, 11) is 1.71. The van der Waals surface area contributed by atoms with Gasteiger partial charge in [-0.15, -0.1) is 0 Å². The molecule has 0 aliphatic rings. The van der Waals surface area contributed by atoms with E-state index in [4.69, 9.17) is 5.11 Å². The molecule has 2 rings (SSSR count). The minimum Gasteiger partial charge on any atom is -0.477 e. The van der Waals surface area contributed by atoms with E-state index in [9.17, 15) is 9.59 Å². The predicted octanol–water partition coefficient (Wildman–Crippen LogP) is -0.131. The third kappa shape index (κ3) is 1.83. The monoisotopic (exact) mass is 220 g/mol.